The molecule has 0 amide bonds. The minimum Gasteiger partial charge on any atom is -0.481 e. The van der Waals surface area contributed by atoms with Gasteiger partial charge in [-0.15, -0.1) is 0 Å². The van der Waals surface area contributed by atoms with Gasteiger partial charge in [0.2, 0.25) is 0 Å². The largest absolute Gasteiger partial charge is 0.481 e. The number of carbonyl (C=O) groups is 1. The van der Waals surface area contributed by atoms with Gasteiger partial charge in [0, 0.05) is 6.42 Å². The molecular formula is C18H26O2. The molecule has 1 atom stereocenters. The van der Waals surface area contributed by atoms with Crippen LogP contribution in [0, 0.1) is 5.92 Å². The van der Waals surface area contributed by atoms with Crippen molar-refractivity contribution < 1.29 is 9.90 Å². The van der Waals surface area contributed by atoms with E-state index in [1.807, 2.05) is 0 Å². The molecule has 1 aromatic carbocycles. The Morgan fingerprint density at radius 2 is 1.75 bits per heavy atom. The predicted molar refractivity (Wildman–Crippen MR) is 82.2 cm³/mol. The number of hydrogen-bond acceptors (Lipinski definition) is 1. The second kappa shape index (κ2) is 4.91. The fourth-order valence-corrected chi connectivity index (χ4v) is 3.65. The van der Waals surface area contributed by atoms with Crippen molar-refractivity contribution in [2.75, 3.05) is 0 Å². The van der Waals surface area contributed by atoms with Crippen molar-refractivity contribution >= 4 is 5.97 Å². The van der Waals surface area contributed by atoms with Gasteiger partial charge in [0.25, 0.3) is 0 Å². The first-order chi connectivity index (χ1) is 9.17. The number of aryl methyl sites for hydroxylation is 1. The highest BCUT2D eigenvalue weighted by Gasteiger charge is 2.48. The Bertz CT molecular complexity index is 526. The summed E-state index contributed by atoms with van der Waals surface area (Å²) in [6, 6.07) is 6.75. The second-order valence-electron chi connectivity index (χ2n) is 7.29. The van der Waals surface area contributed by atoms with Crippen LogP contribution in [0.2, 0.25) is 0 Å². The van der Waals surface area contributed by atoms with Crippen molar-refractivity contribution in [1.29, 1.82) is 0 Å². The molecule has 0 saturated heterocycles. The molecule has 0 aliphatic heterocycles. The summed E-state index contributed by atoms with van der Waals surface area (Å²) in [5.74, 6) is -0.111. The fourth-order valence-electron chi connectivity index (χ4n) is 3.65. The lowest BCUT2D eigenvalue weighted by Gasteiger charge is -2.32. The maximum atomic E-state index is 10.6. The van der Waals surface area contributed by atoms with Gasteiger partial charge in [0.15, 0.2) is 0 Å². The zero-order valence-electron chi connectivity index (χ0n) is 13.3. The fraction of sp³-hybridized carbons (Fsp3) is 0.611. The standard InChI is InChI=1S/C18H26O2/c1-12-17(2,3)14-10-9-13(7-6-8-16(19)20)11-15(14)18(12,4)5/h9-12H,6-8H2,1-5H3,(H,19,20). The number of hydrogen-bond donors (Lipinski definition) is 1. The molecule has 2 nitrogen and oxygen atoms in total. The predicted octanol–water partition coefficient (Wildman–Crippen LogP) is 4.30. The summed E-state index contributed by atoms with van der Waals surface area (Å²) >= 11 is 0. The van der Waals surface area contributed by atoms with E-state index in [0.717, 1.165) is 6.42 Å². The van der Waals surface area contributed by atoms with Crippen molar-refractivity contribution in [3.8, 4) is 0 Å². The van der Waals surface area contributed by atoms with Crippen molar-refractivity contribution in [3.63, 3.8) is 0 Å². The Morgan fingerprint density at radius 1 is 1.15 bits per heavy atom. The molecule has 0 radical (unpaired) electrons. The molecule has 1 aliphatic carbocycles. The van der Waals surface area contributed by atoms with E-state index in [1.54, 1.807) is 0 Å². The van der Waals surface area contributed by atoms with Gasteiger partial charge >= 0.3 is 5.97 Å². The quantitative estimate of drug-likeness (QED) is 0.889. The summed E-state index contributed by atoms with van der Waals surface area (Å²) in [7, 11) is 0. The van der Waals surface area contributed by atoms with Crippen LogP contribution in [-0.2, 0) is 22.0 Å². The number of carboxylic acid groups (broad SMARTS) is 1. The molecule has 2 rings (SSSR count). The SMILES string of the molecule is CC1C(C)(C)c2ccc(CCCC(=O)O)cc2C1(C)C. The minimum atomic E-state index is -0.707. The third-order valence-electron chi connectivity index (χ3n) is 5.49. The van der Waals surface area contributed by atoms with Crippen LogP contribution in [0.3, 0.4) is 0 Å². The molecule has 0 fully saturated rings. The zero-order valence-corrected chi connectivity index (χ0v) is 13.3. The Balaban J connectivity index is 2.28. The Kier molecular flexibility index (Phi) is 3.70. The maximum absolute atomic E-state index is 10.6. The van der Waals surface area contributed by atoms with E-state index in [9.17, 15) is 4.79 Å². The van der Waals surface area contributed by atoms with Gasteiger partial charge in [-0.2, -0.15) is 0 Å². The first-order valence-electron chi connectivity index (χ1n) is 7.53. The number of rotatable bonds is 4. The van der Waals surface area contributed by atoms with Crippen LogP contribution in [0.1, 0.15) is 64.2 Å². The van der Waals surface area contributed by atoms with E-state index in [-0.39, 0.29) is 17.3 Å². The highest BCUT2D eigenvalue weighted by atomic mass is 16.4. The monoisotopic (exact) mass is 274 g/mol. The Hall–Kier alpha value is -1.31. The first-order valence-corrected chi connectivity index (χ1v) is 7.53. The molecule has 1 aromatic rings. The van der Waals surface area contributed by atoms with Gasteiger partial charge in [-0.05, 0) is 46.3 Å². The van der Waals surface area contributed by atoms with Gasteiger partial charge in [-0.3, -0.25) is 4.79 Å². The molecule has 1 N–H and O–H groups in total. The third kappa shape index (κ3) is 2.36. The number of benzene rings is 1. The lowest BCUT2D eigenvalue weighted by Crippen LogP contribution is -2.30. The van der Waals surface area contributed by atoms with E-state index >= 15 is 0 Å². The van der Waals surface area contributed by atoms with E-state index in [4.69, 9.17) is 5.11 Å². The molecule has 20 heavy (non-hydrogen) atoms. The van der Waals surface area contributed by atoms with Crippen LogP contribution in [-0.4, -0.2) is 11.1 Å². The zero-order chi connectivity index (χ0) is 15.1. The average Bonchev–Trinajstić information content (AvgIpc) is 2.48. The normalized spacial score (nSPS) is 22.6. The first kappa shape index (κ1) is 15.1. The van der Waals surface area contributed by atoms with Crippen LogP contribution in [0.4, 0.5) is 0 Å². The minimum absolute atomic E-state index is 0.182. The summed E-state index contributed by atoms with van der Waals surface area (Å²) in [6.07, 6.45) is 1.82. The van der Waals surface area contributed by atoms with Crippen LogP contribution >= 0.6 is 0 Å². The molecular weight excluding hydrogens is 248 g/mol. The number of fused-ring (bicyclic) bond motifs is 1. The topological polar surface area (TPSA) is 37.3 Å². The van der Waals surface area contributed by atoms with Crippen molar-refractivity contribution in [3.05, 3.63) is 34.9 Å². The summed E-state index contributed by atoms with van der Waals surface area (Å²) in [5.41, 5.74) is 4.56. The number of carboxylic acids is 1. The van der Waals surface area contributed by atoms with Crippen LogP contribution < -0.4 is 0 Å². The third-order valence-corrected chi connectivity index (χ3v) is 5.49. The van der Waals surface area contributed by atoms with Crippen LogP contribution in [0.15, 0.2) is 18.2 Å². The van der Waals surface area contributed by atoms with Crippen molar-refractivity contribution in [2.45, 2.75) is 64.7 Å². The molecule has 0 aromatic heterocycles. The molecule has 1 aliphatic rings. The highest BCUT2D eigenvalue weighted by molar-refractivity contribution is 5.66. The van der Waals surface area contributed by atoms with Gasteiger partial charge < -0.3 is 5.11 Å². The smallest absolute Gasteiger partial charge is 0.303 e. The molecule has 2 heteroatoms. The van der Waals surface area contributed by atoms with Gasteiger partial charge in [-0.25, -0.2) is 0 Å². The van der Waals surface area contributed by atoms with Crippen LogP contribution in [0.25, 0.3) is 0 Å². The summed E-state index contributed by atoms with van der Waals surface area (Å²) in [6.45, 7) is 11.6. The van der Waals surface area contributed by atoms with Gasteiger partial charge in [-0.1, -0.05) is 52.8 Å². The van der Waals surface area contributed by atoms with E-state index in [0.29, 0.717) is 12.3 Å². The molecule has 0 heterocycles. The summed E-state index contributed by atoms with van der Waals surface area (Å²) in [5, 5.41) is 8.73. The Morgan fingerprint density at radius 3 is 2.35 bits per heavy atom. The molecule has 1 unspecified atom stereocenters. The molecule has 0 bridgehead atoms. The molecule has 0 saturated carbocycles. The van der Waals surface area contributed by atoms with E-state index in [2.05, 4.69) is 52.8 Å². The summed E-state index contributed by atoms with van der Waals surface area (Å²) in [4.78, 5) is 10.6. The number of aliphatic carboxylic acids is 1. The average molecular weight is 274 g/mol. The highest BCUT2D eigenvalue weighted by Crippen LogP contribution is 2.53. The van der Waals surface area contributed by atoms with Crippen molar-refractivity contribution in [1.82, 2.24) is 0 Å². The van der Waals surface area contributed by atoms with Crippen LogP contribution in [0.5, 0.6) is 0 Å². The lowest BCUT2D eigenvalue weighted by atomic mass is 9.71. The van der Waals surface area contributed by atoms with E-state index in [1.165, 1.54) is 16.7 Å². The Labute approximate surface area is 122 Å². The van der Waals surface area contributed by atoms with Crippen molar-refractivity contribution in [2.24, 2.45) is 5.92 Å². The molecule has 0 spiro atoms. The second-order valence-corrected chi connectivity index (χ2v) is 7.29. The molecule has 110 valence electrons. The summed E-state index contributed by atoms with van der Waals surface area (Å²) < 4.78 is 0. The maximum Gasteiger partial charge on any atom is 0.303 e. The van der Waals surface area contributed by atoms with Gasteiger partial charge in [0.05, 0.1) is 0 Å². The van der Waals surface area contributed by atoms with E-state index < -0.39 is 5.97 Å². The van der Waals surface area contributed by atoms with Gasteiger partial charge in [0.1, 0.15) is 0 Å². The lowest BCUT2D eigenvalue weighted by molar-refractivity contribution is -0.137.